The van der Waals surface area contributed by atoms with Crippen molar-refractivity contribution in [1.29, 1.82) is 0 Å². The van der Waals surface area contributed by atoms with Crippen LogP contribution in [0.15, 0.2) is 134 Å². The number of unbranched alkanes of at least 4 members (excludes halogenated alkanes) is 30. The van der Waals surface area contributed by atoms with Gasteiger partial charge in [-0.05, 0) is 109 Å². The van der Waals surface area contributed by atoms with E-state index >= 15 is 0 Å². The molecule has 3 unspecified atom stereocenters. The molecule has 0 aromatic carbocycles. The number of likely N-dealkylation sites (N-methyl/N-ethyl adjacent to an activating group) is 1. The number of hydrogen-bond acceptors (Lipinski definition) is 5. The smallest absolute Gasteiger partial charge is 0.387 e. The molecule has 0 bridgehead atoms. The maximum atomic E-state index is 13.0. The quantitative estimate of drug-likeness (QED) is 0.0243. The molecule has 0 rings (SSSR count). The van der Waals surface area contributed by atoms with Gasteiger partial charge in [0.2, 0.25) is 5.91 Å². The summed E-state index contributed by atoms with van der Waals surface area (Å²) in [5.41, 5.74) is 0. The predicted octanol–water partition coefficient (Wildman–Crippen LogP) is 22.6. The van der Waals surface area contributed by atoms with Crippen molar-refractivity contribution in [2.45, 2.75) is 302 Å². The second-order valence-corrected chi connectivity index (χ2v) is 26.0. The molecule has 1 amide bonds. The Labute approximate surface area is 526 Å². The number of nitrogens with one attached hydrogen (secondary N) is 1. The Balaban J connectivity index is 4.19. The van der Waals surface area contributed by atoms with E-state index in [1.165, 1.54) is 167 Å². The first-order valence-electron chi connectivity index (χ1n) is 35.1. The van der Waals surface area contributed by atoms with Crippen LogP contribution in [0, 0.1) is 0 Å². The summed E-state index contributed by atoms with van der Waals surface area (Å²) >= 11 is 0. The van der Waals surface area contributed by atoms with Crippen molar-refractivity contribution < 1.29 is 32.9 Å². The van der Waals surface area contributed by atoms with Crippen LogP contribution in [-0.2, 0) is 18.4 Å². The van der Waals surface area contributed by atoms with Crippen LogP contribution in [0.3, 0.4) is 0 Å². The van der Waals surface area contributed by atoms with Gasteiger partial charge in [-0.1, -0.05) is 308 Å². The first-order valence-corrected chi connectivity index (χ1v) is 36.6. The van der Waals surface area contributed by atoms with Gasteiger partial charge in [-0.15, -0.1) is 0 Å². The molecular weight excluding hydrogens is 1070 g/mol. The molecule has 0 saturated heterocycles. The fourth-order valence-corrected chi connectivity index (χ4v) is 10.4. The summed E-state index contributed by atoms with van der Waals surface area (Å²) < 4.78 is 23.8. The van der Waals surface area contributed by atoms with Crippen molar-refractivity contribution in [3.63, 3.8) is 0 Å². The van der Waals surface area contributed by atoms with Crippen LogP contribution in [0.4, 0.5) is 0 Å². The summed E-state index contributed by atoms with van der Waals surface area (Å²) in [7, 11) is 1.53. The second kappa shape index (κ2) is 65.1. The molecule has 0 fully saturated rings. The van der Waals surface area contributed by atoms with Gasteiger partial charge >= 0.3 is 7.82 Å². The number of nitrogens with zero attached hydrogens (tertiary/aromatic N) is 1. The summed E-state index contributed by atoms with van der Waals surface area (Å²) in [6.07, 6.45) is 98.8. The maximum absolute atomic E-state index is 13.0. The molecule has 0 spiro atoms. The minimum Gasteiger partial charge on any atom is -0.387 e. The van der Waals surface area contributed by atoms with Crippen LogP contribution in [0.1, 0.15) is 290 Å². The zero-order chi connectivity index (χ0) is 61.9. The number of aliphatic hydroxyl groups excluding tert-OH is 1. The number of aliphatic hydroxyl groups is 1. The number of quaternary nitrogens is 1. The lowest BCUT2D eigenvalue weighted by Crippen LogP contribution is -2.45. The highest BCUT2D eigenvalue weighted by molar-refractivity contribution is 7.47. The summed E-state index contributed by atoms with van der Waals surface area (Å²) in [5, 5.41) is 14.0. The summed E-state index contributed by atoms with van der Waals surface area (Å²) in [6, 6.07) is -0.884. The number of phosphoric acid groups is 1. The van der Waals surface area contributed by atoms with E-state index in [1.807, 2.05) is 27.2 Å². The van der Waals surface area contributed by atoms with E-state index in [2.05, 4.69) is 141 Å². The topological polar surface area (TPSA) is 105 Å². The van der Waals surface area contributed by atoms with E-state index < -0.39 is 20.0 Å². The molecular formula is C76H134N2O6P+. The third-order valence-electron chi connectivity index (χ3n) is 15.1. The maximum Gasteiger partial charge on any atom is 0.472 e. The van der Waals surface area contributed by atoms with Gasteiger partial charge in [0.1, 0.15) is 13.2 Å². The number of carbonyl (C=O) groups is 1. The van der Waals surface area contributed by atoms with Gasteiger partial charge in [-0.2, -0.15) is 0 Å². The average molecular weight is 1200 g/mol. The Kier molecular flexibility index (Phi) is 62.5. The zero-order valence-corrected chi connectivity index (χ0v) is 56.7. The average Bonchev–Trinajstić information content (AvgIpc) is 3.48. The van der Waals surface area contributed by atoms with Crippen molar-refractivity contribution in [1.82, 2.24) is 5.32 Å². The Morgan fingerprint density at radius 3 is 1.08 bits per heavy atom. The van der Waals surface area contributed by atoms with Crippen LogP contribution >= 0.6 is 7.82 Å². The highest BCUT2D eigenvalue weighted by Crippen LogP contribution is 2.43. The fourth-order valence-electron chi connectivity index (χ4n) is 9.68. The highest BCUT2D eigenvalue weighted by atomic mass is 31.2. The van der Waals surface area contributed by atoms with E-state index in [0.717, 1.165) is 103 Å². The molecule has 85 heavy (non-hydrogen) atoms. The molecule has 3 atom stereocenters. The van der Waals surface area contributed by atoms with Gasteiger partial charge in [-0.3, -0.25) is 13.8 Å². The first kappa shape index (κ1) is 81.6. The van der Waals surface area contributed by atoms with Crippen LogP contribution in [-0.4, -0.2) is 73.4 Å². The number of rotatable bonds is 63. The van der Waals surface area contributed by atoms with Gasteiger partial charge in [0.15, 0.2) is 0 Å². The number of carbonyl (C=O) groups excluding carboxylic acids is 1. The van der Waals surface area contributed by atoms with Crippen LogP contribution < -0.4 is 5.32 Å². The zero-order valence-electron chi connectivity index (χ0n) is 55.8. The minimum atomic E-state index is -4.38. The monoisotopic (exact) mass is 1200 g/mol. The lowest BCUT2D eigenvalue weighted by Gasteiger charge is -2.25. The molecule has 0 heterocycles. The molecule has 488 valence electrons. The SMILES string of the molecule is CC/C=C\C/C=C\C/C=C\C/C=C\C/C=C\C/C=C\C/C=C\C/C=C\CCCCCCCCCCCCC(=O)NC(COP(=O)(O)OCC[N+](C)(C)C)C(O)/C=C/CC/C=C/CC/C=C/CCCCCCCCCCCCCCCCCCCC. The largest absolute Gasteiger partial charge is 0.472 e. The molecule has 3 N–H and O–H groups in total. The second-order valence-electron chi connectivity index (χ2n) is 24.5. The van der Waals surface area contributed by atoms with Crippen LogP contribution in [0.25, 0.3) is 0 Å². The van der Waals surface area contributed by atoms with Gasteiger partial charge in [-0.25, -0.2) is 4.57 Å². The molecule has 0 aliphatic heterocycles. The molecule has 9 heteroatoms. The fraction of sp³-hybridized carbons (Fsp3) is 0.697. The minimum absolute atomic E-state index is 0.0464. The molecule has 0 saturated carbocycles. The van der Waals surface area contributed by atoms with Crippen molar-refractivity contribution >= 4 is 13.7 Å². The molecule has 0 aliphatic carbocycles. The van der Waals surface area contributed by atoms with Gasteiger partial charge in [0.25, 0.3) is 0 Å². The highest BCUT2D eigenvalue weighted by Gasteiger charge is 2.28. The van der Waals surface area contributed by atoms with Gasteiger partial charge in [0, 0.05) is 6.42 Å². The van der Waals surface area contributed by atoms with Crippen molar-refractivity contribution in [3.05, 3.63) is 134 Å². The summed E-state index contributed by atoms with van der Waals surface area (Å²) in [4.78, 5) is 23.4. The van der Waals surface area contributed by atoms with Gasteiger partial charge in [0.05, 0.1) is 39.9 Å². The summed E-state index contributed by atoms with van der Waals surface area (Å²) in [5.74, 6) is -0.199. The number of phosphoric ester groups is 1. The van der Waals surface area contributed by atoms with Crippen LogP contribution in [0.2, 0.25) is 0 Å². The Morgan fingerprint density at radius 1 is 0.412 bits per heavy atom. The number of allylic oxidation sites excluding steroid dienone is 21. The van der Waals surface area contributed by atoms with E-state index in [0.29, 0.717) is 17.4 Å². The number of amides is 1. The normalized spacial score (nSPS) is 14.5. The molecule has 8 nitrogen and oxygen atoms in total. The van der Waals surface area contributed by atoms with E-state index in [-0.39, 0.29) is 19.1 Å². The number of hydrogen-bond donors (Lipinski definition) is 3. The van der Waals surface area contributed by atoms with Crippen LogP contribution in [0.5, 0.6) is 0 Å². The molecule has 0 aromatic heterocycles. The van der Waals surface area contributed by atoms with Gasteiger partial charge < -0.3 is 19.8 Å². The standard InChI is InChI=1S/C76H133N2O6P/c1-6-8-10-12-14-16-18-20-22-24-26-28-30-32-34-36-37-38-39-40-41-42-44-46-48-50-52-54-56-58-60-62-64-66-68-70-76(80)77-74(73-84-85(81,82)83-72-71-78(3,4)5)75(79)69-67-65-63-61-59-57-55-53-51-49-47-45-43-35-33-31-29-27-25-23-21-19-17-15-13-11-9-7-2/h8,10,14,16,20,22,26,28,32,34,37-38,40-41,44,46,51,53,59,61,67,69,74-75,79H,6-7,9,11-13,15,17-19,21,23-25,27,29-31,33,35-36,39,42-43,45,47-50,52,54-58,60,62-66,68,70-73H2,1-5H3,(H-,77,80,81,82)/p+1/b10-8-,16-14-,22-20-,28-26-,34-32-,38-37-,41-40-,46-44-,53-51+,61-59+,69-67+. The Bertz CT molecular complexity index is 1850. The summed E-state index contributed by atoms with van der Waals surface area (Å²) in [6.45, 7) is 4.68. The third kappa shape index (κ3) is 68.0. The lowest BCUT2D eigenvalue weighted by molar-refractivity contribution is -0.870. The van der Waals surface area contributed by atoms with E-state index in [1.54, 1.807) is 6.08 Å². The van der Waals surface area contributed by atoms with E-state index in [9.17, 15) is 19.4 Å². The lowest BCUT2D eigenvalue weighted by atomic mass is 10.0. The Hall–Kier alpha value is -3.36. The predicted molar refractivity (Wildman–Crippen MR) is 373 cm³/mol. The first-order chi connectivity index (χ1) is 41.5. The Morgan fingerprint density at radius 2 is 0.718 bits per heavy atom. The molecule has 0 radical (unpaired) electrons. The van der Waals surface area contributed by atoms with Crippen molar-refractivity contribution in [2.24, 2.45) is 0 Å². The van der Waals surface area contributed by atoms with Crippen molar-refractivity contribution in [3.8, 4) is 0 Å². The van der Waals surface area contributed by atoms with E-state index in [4.69, 9.17) is 9.05 Å². The molecule has 0 aromatic rings. The molecule has 0 aliphatic rings. The van der Waals surface area contributed by atoms with Crippen molar-refractivity contribution in [2.75, 3.05) is 40.9 Å². The third-order valence-corrected chi connectivity index (χ3v) is 16.1.